The third-order valence-electron chi connectivity index (χ3n) is 1.39. The molecule has 0 aliphatic carbocycles. The van der Waals surface area contributed by atoms with Crippen LogP contribution in [0.2, 0.25) is 0 Å². The van der Waals surface area contributed by atoms with Gasteiger partial charge in [-0.05, 0) is 22.0 Å². The smallest absolute Gasteiger partial charge is 0.308 e. The normalized spacial score (nSPS) is 9.57. The van der Waals surface area contributed by atoms with Gasteiger partial charge in [0.05, 0.1) is 4.92 Å². The molecule has 0 aliphatic rings. The van der Waals surface area contributed by atoms with E-state index in [9.17, 15) is 14.9 Å². The number of benzene rings is 1. The minimum atomic E-state index is -0.558. The number of nitrogens with zero attached hydrogens (tertiary/aromatic N) is 1. The zero-order valence-electron chi connectivity index (χ0n) is 7.19. The number of halogens is 1. The Labute approximate surface area is 88.0 Å². The van der Waals surface area contributed by atoms with Gasteiger partial charge in [-0.15, -0.1) is 0 Å². The van der Waals surface area contributed by atoms with Crippen molar-refractivity contribution in [3.8, 4) is 5.75 Å². The van der Waals surface area contributed by atoms with Crippen molar-refractivity contribution in [2.75, 3.05) is 0 Å². The van der Waals surface area contributed by atoms with E-state index >= 15 is 0 Å². The Morgan fingerprint density at radius 2 is 2.21 bits per heavy atom. The van der Waals surface area contributed by atoms with Gasteiger partial charge in [0.2, 0.25) is 0 Å². The maximum Gasteiger partial charge on any atom is 0.308 e. The summed E-state index contributed by atoms with van der Waals surface area (Å²) in [6.45, 7) is 1.23. The maximum atomic E-state index is 10.6. The first-order valence-corrected chi connectivity index (χ1v) is 4.43. The summed E-state index contributed by atoms with van der Waals surface area (Å²) in [6.07, 6.45) is 0. The highest BCUT2D eigenvalue weighted by atomic mass is 79.9. The van der Waals surface area contributed by atoms with Gasteiger partial charge in [-0.1, -0.05) is 6.07 Å². The predicted molar refractivity (Wildman–Crippen MR) is 52.1 cm³/mol. The zero-order valence-corrected chi connectivity index (χ0v) is 8.78. The molecule has 0 saturated carbocycles. The standard InChI is InChI=1S/C8H6BrNO4/c1-5(11)14-7-4-2-3-6(8(7)9)10(12)13/h2-4H,1H3. The third-order valence-corrected chi connectivity index (χ3v) is 2.19. The topological polar surface area (TPSA) is 69.4 Å². The molecule has 0 fully saturated rings. The third kappa shape index (κ3) is 2.29. The summed E-state index contributed by atoms with van der Waals surface area (Å²) in [6, 6.07) is 4.23. The van der Waals surface area contributed by atoms with E-state index < -0.39 is 10.9 Å². The van der Waals surface area contributed by atoms with Crippen LogP contribution in [0.1, 0.15) is 6.92 Å². The number of hydrogen-bond donors (Lipinski definition) is 0. The van der Waals surface area contributed by atoms with Gasteiger partial charge in [-0.25, -0.2) is 0 Å². The summed E-state index contributed by atoms with van der Waals surface area (Å²) >= 11 is 2.99. The molecule has 0 atom stereocenters. The number of carbonyl (C=O) groups is 1. The molecule has 0 N–H and O–H groups in total. The second-order valence-corrected chi connectivity index (χ2v) is 3.23. The number of hydrogen-bond acceptors (Lipinski definition) is 4. The van der Waals surface area contributed by atoms with Gasteiger partial charge in [-0.2, -0.15) is 0 Å². The molecule has 0 spiro atoms. The second-order valence-electron chi connectivity index (χ2n) is 2.44. The number of nitro groups is 1. The van der Waals surface area contributed by atoms with Crippen molar-refractivity contribution in [3.63, 3.8) is 0 Å². The van der Waals surface area contributed by atoms with Crippen LogP contribution in [-0.4, -0.2) is 10.9 Å². The number of ether oxygens (including phenoxy) is 1. The molecular weight excluding hydrogens is 254 g/mol. The van der Waals surface area contributed by atoms with E-state index in [0.717, 1.165) is 0 Å². The molecule has 6 heteroatoms. The molecule has 0 saturated heterocycles. The molecule has 1 rings (SSSR count). The summed E-state index contributed by atoms with van der Waals surface area (Å²) in [5, 5.41) is 10.5. The van der Waals surface area contributed by atoms with Gasteiger partial charge >= 0.3 is 5.97 Å². The molecule has 1 aromatic carbocycles. The highest BCUT2D eigenvalue weighted by Crippen LogP contribution is 2.33. The first-order valence-electron chi connectivity index (χ1n) is 3.63. The first-order chi connectivity index (χ1) is 6.52. The van der Waals surface area contributed by atoms with E-state index in [4.69, 9.17) is 4.74 Å². The van der Waals surface area contributed by atoms with Crippen molar-refractivity contribution in [2.24, 2.45) is 0 Å². The van der Waals surface area contributed by atoms with Gasteiger partial charge in [-0.3, -0.25) is 14.9 Å². The Bertz CT molecular complexity index is 391. The van der Waals surface area contributed by atoms with Crippen molar-refractivity contribution in [3.05, 3.63) is 32.8 Å². The molecule has 14 heavy (non-hydrogen) atoms. The minimum Gasteiger partial charge on any atom is -0.425 e. The van der Waals surface area contributed by atoms with Gasteiger partial charge in [0.15, 0.2) is 5.75 Å². The van der Waals surface area contributed by atoms with Crippen LogP contribution < -0.4 is 4.74 Å². The monoisotopic (exact) mass is 259 g/mol. The van der Waals surface area contributed by atoms with E-state index in [1.165, 1.54) is 25.1 Å². The second kappa shape index (κ2) is 4.19. The number of rotatable bonds is 2. The summed E-state index contributed by atoms with van der Waals surface area (Å²) in [4.78, 5) is 20.6. The van der Waals surface area contributed by atoms with Crippen LogP contribution in [0, 0.1) is 10.1 Å². The van der Waals surface area contributed by atoms with E-state index in [1.54, 1.807) is 0 Å². The Kier molecular flexibility index (Phi) is 3.19. The first kappa shape index (κ1) is 10.6. The maximum absolute atomic E-state index is 10.6. The van der Waals surface area contributed by atoms with Gasteiger partial charge in [0, 0.05) is 13.0 Å². The molecule has 74 valence electrons. The lowest BCUT2D eigenvalue weighted by Gasteiger charge is -2.03. The molecule has 0 bridgehead atoms. The average Bonchev–Trinajstić information content (AvgIpc) is 2.07. The largest absolute Gasteiger partial charge is 0.425 e. The number of esters is 1. The summed E-state index contributed by atoms with van der Waals surface area (Å²) in [7, 11) is 0. The van der Waals surface area contributed by atoms with Crippen LogP contribution in [0.15, 0.2) is 22.7 Å². The Hall–Kier alpha value is -1.43. The fraction of sp³-hybridized carbons (Fsp3) is 0.125. The number of carbonyl (C=O) groups excluding carboxylic acids is 1. The molecule has 0 heterocycles. The van der Waals surface area contributed by atoms with Crippen molar-refractivity contribution >= 4 is 27.6 Å². The highest BCUT2D eigenvalue weighted by molar-refractivity contribution is 9.10. The lowest BCUT2D eigenvalue weighted by atomic mass is 10.3. The Balaban J connectivity index is 3.13. The van der Waals surface area contributed by atoms with E-state index in [-0.39, 0.29) is 15.9 Å². The van der Waals surface area contributed by atoms with E-state index in [0.29, 0.717) is 0 Å². The molecular formula is C8H6BrNO4. The minimum absolute atomic E-state index is 0.135. The zero-order chi connectivity index (χ0) is 10.7. The van der Waals surface area contributed by atoms with Gasteiger partial charge < -0.3 is 4.74 Å². The molecule has 1 aromatic rings. The van der Waals surface area contributed by atoms with Crippen LogP contribution in [0.4, 0.5) is 5.69 Å². The molecule has 5 nitrogen and oxygen atoms in total. The summed E-state index contributed by atoms with van der Waals surface area (Å²) in [5.74, 6) is -0.377. The summed E-state index contributed by atoms with van der Waals surface area (Å²) < 4.78 is 4.91. The Morgan fingerprint density at radius 1 is 1.57 bits per heavy atom. The van der Waals surface area contributed by atoms with Crippen LogP contribution in [-0.2, 0) is 4.79 Å². The lowest BCUT2D eigenvalue weighted by molar-refractivity contribution is -0.385. The van der Waals surface area contributed by atoms with Crippen molar-refractivity contribution in [2.45, 2.75) is 6.92 Å². The quantitative estimate of drug-likeness (QED) is 0.354. The molecule has 0 radical (unpaired) electrons. The van der Waals surface area contributed by atoms with E-state index in [1.807, 2.05) is 0 Å². The number of nitro benzene ring substituents is 1. The fourth-order valence-electron chi connectivity index (χ4n) is 0.874. The molecule has 0 unspecified atom stereocenters. The van der Waals surface area contributed by atoms with Crippen LogP contribution in [0.3, 0.4) is 0 Å². The van der Waals surface area contributed by atoms with Crippen LogP contribution >= 0.6 is 15.9 Å². The summed E-state index contributed by atoms with van der Waals surface area (Å²) in [5.41, 5.74) is -0.135. The highest BCUT2D eigenvalue weighted by Gasteiger charge is 2.16. The average molecular weight is 260 g/mol. The molecule has 0 amide bonds. The molecule has 0 aromatic heterocycles. The fourth-order valence-corrected chi connectivity index (χ4v) is 1.36. The van der Waals surface area contributed by atoms with Crippen molar-refractivity contribution in [1.82, 2.24) is 0 Å². The van der Waals surface area contributed by atoms with Crippen LogP contribution in [0.25, 0.3) is 0 Å². The molecule has 0 aliphatic heterocycles. The lowest BCUT2D eigenvalue weighted by Crippen LogP contribution is -2.02. The van der Waals surface area contributed by atoms with E-state index in [2.05, 4.69) is 15.9 Å². The van der Waals surface area contributed by atoms with Crippen LogP contribution in [0.5, 0.6) is 5.75 Å². The van der Waals surface area contributed by atoms with Crippen molar-refractivity contribution in [1.29, 1.82) is 0 Å². The Morgan fingerprint density at radius 3 is 2.71 bits per heavy atom. The van der Waals surface area contributed by atoms with Gasteiger partial charge in [0.1, 0.15) is 4.47 Å². The predicted octanol–water partition coefficient (Wildman–Crippen LogP) is 2.28. The van der Waals surface area contributed by atoms with Gasteiger partial charge in [0.25, 0.3) is 5.69 Å². The SMILES string of the molecule is CC(=O)Oc1cccc([N+](=O)[O-])c1Br. The van der Waals surface area contributed by atoms with Crippen molar-refractivity contribution < 1.29 is 14.5 Å².